The molecular formula is C25H55BN2. The Labute approximate surface area is 180 Å². The minimum absolute atomic E-state index is 0.689. The molecule has 0 amide bonds. The highest BCUT2D eigenvalue weighted by atomic mass is 15.2. The molecule has 2 nitrogen and oxygen atoms in total. The quantitative estimate of drug-likeness (QED) is 0.135. The molecule has 0 fully saturated rings. The van der Waals surface area contributed by atoms with Crippen LogP contribution in [0.5, 0.6) is 0 Å². The summed E-state index contributed by atoms with van der Waals surface area (Å²) in [6.07, 6.45) is 21.9. The molecule has 0 saturated carbocycles. The van der Waals surface area contributed by atoms with Crippen LogP contribution in [0.15, 0.2) is 0 Å². The molecule has 0 atom stereocenters. The summed E-state index contributed by atoms with van der Waals surface area (Å²) in [6.45, 7) is 17.6. The fourth-order valence-electron chi connectivity index (χ4n) is 4.25. The molecule has 0 aromatic heterocycles. The van der Waals surface area contributed by atoms with Gasteiger partial charge in [-0.1, -0.05) is 105 Å². The molecule has 0 unspecified atom stereocenters. The van der Waals surface area contributed by atoms with Gasteiger partial charge in [0.15, 0.2) is 0 Å². The summed E-state index contributed by atoms with van der Waals surface area (Å²) in [7, 11) is 0. The van der Waals surface area contributed by atoms with Gasteiger partial charge in [-0.3, -0.25) is 0 Å². The van der Waals surface area contributed by atoms with Gasteiger partial charge in [0.05, 0.1) is 0 Å². The predicted octanol–water partition coefficient (Wildman–Crippen LogP) is 8.03. The van der Waals surface area contributed by atoms with Gasteiger partial charge in [0.25, 0.3) is 0 Å². The molecule has 0 bridgehead atoms. The van der Waals surface area contributed by atoms with Gasteiger partial charge in [-0.05, 0) is 58.2 Å². The zero-order valence-electron chi connectivity index (χ0n) is 20.6. The van der Waals surface area contributed by atoms with Crippen LogP contribution in [0.2, 0.25) is 6.32 Å². The predicted molar refractivity (Wildman–Crippen MR) is 131 cm³/mol. The number of rotatable bonds is 22. The second-order valence-electron chi connectivity index (χ2n) is 8.88. The van der Waals surface area contributed by atoms with Crippen molar-refractivity contribution in [2.75, 3.05) is 26.2 Å². The van der Waals surface area contributed by atoms with E-state index in [1.165, 1.54) is 129 Å². The van der Waals surface area contributed by atoms with Gasteiger partial charge in [0, 0.05) is 0 Å². The van der Waals surface area contributed by atoms with E-state index in [9.17, 15) is 0 Å². The number of hydrogen-bond donors (Lipinski definition) is 0. The summed E-state index contributed by atoms with van der Waals surface area (Å²) < 4.78 is 0. The molecule has 168 valence electrons. The van der Waals surface area contributed by atoms with Crippen LogP contribution in [-0.2, 0) is 0 Å². The Kier molecular flexibility index (Phi) is 21.7. The molecule has 0 heterocycles. The summed E-state index contributed by atoms with van der Waals surface area (Å²) >= 11 is 0. The zero-order valence-corrected chi connectivity index (χ0v) is 20.6. The summed E-state index contributed by atoms with van der Waals surface area (Å²) in [5.74, 6) is 0. The van der Waals surface area contributed by atoms with Crippen LogP contribution in [0.25, 0.3) is 0 Å². The van der Waals surface area contributed by atoms with E-state index >= 15 is 0 Å². The molecule has 0 spiro atoms. The largest absolute Gasteiger partial charge is 0.328 e. The smallest absolute Gasteiger partial charge is 0.310 e. The van der Waals surface area contributed by atoms with Crippen LogP contribution in [0, 0.1) is 0 Å². The van der Waals surface area contributed by atoms with Crippen molar-refractivity contribution in [2.45, 2.75) is 137 Å². The van der Waals surface area contributed by atoms with Crippen molar-refractivity contribution in [3.63, 3.8) is 0 Å². The second kappa shape index (κ2) is 21.7. The third-order valence-electron chi connectivity index (χ3n) is 6.10. The molecule has 0 aromatic rings. The van der Waals surface area contributed by atoms with Crippen LogP contribution in [0.1, 0.15) is 131 Å². The molecule has 0 rings (SSSR count). The highest BCUT2D eigenvalue weighted by Crippen LogP contribution is 2.17. The minimum Gasteiger partial charge on any atom is -0.328 e. The molecule has 0 radical (unpaired) electrons. The first kappa shape index (κ1) is 28.0. The molecule has 0 saturated heterocycles. The first-order chi connectivity index (χ1) is 13.7. The van der Waals surface area contributed by atoms with Crippen molar-refractivity contribution < 1.29 is 0 Å². The molecule has 28 heavy (non-hydrogen) atoms. The average molecular weight is 395 g/mol. The van der Waals surface area contributed by atoms with Gasteiger partial charge in [0.2, 0.25) is 0 Å². The maximum atomic E-state index is 2.90. The average Bonchev–Trinajstić information content (AvgIpc) is 2.70. The Morgan fingerprint density at radius 1 is 0.393 bits per heavy atom. The van der Waals surface area contributed by atoms with Gasteiger partial charge in [0.1, 0.15) is 0 Å². The van der Waals surface area contributed by atoms with Crippen molar-refractivity contribution in [1.82, 2.24) is 9.62 Å². The molecule has 0 aliphatic heterocycles. The van der Waals surface area contributed by atoms with Crippen LogP contribution in [-0.4, -0.2) is 42.8 Å². The highest BCUT2D eigenvalue weighted by molar-refractivity contribution is 6.52. The van der Waals surface area contributed by atoms with Crippen LogP contribution in [0.3, 0.4) is 0 Å². The van der Waals surface area contributed by atoms with Crippen molar-refractivity contribution in [2.24, 2.45) is 0 Å². The minimum atomic E-state index is 0.689. The summed E-state index contributed by atoms with van der Waals surface area (Å²) in [5, 5.41) is 0. The van der Waals surface area contributed by atoms with Crippen molar-refractivity contribution >= 4 is 6.98 Å². The first-order valence-electron chi connectivity index (χ1n) is 13.2. The van der Waals surface area contributed by atoms with E-state index in [0.717, 1.165) is 0 Å². The molecule has 3 heteroatoms. The van der Waals surface area contributed by atoms with Gasteiger partial charge < -0.3 is 9.62 Å². The Morgan fingerprint density at radius 2 is 0.679 bits per heavy atom. The lowest BCUT2D eigenvalue weighted by atomic mass is 9.65. The van der Waals surface area contributed by atoms with Gasteiger partial charge >= 0.3 is 6.98 Å². The lowest BCUT2D eigenvalue weighted by molar-refractivity contribution is 0.317. The lowest BCUT2D eigenvalue weighted by Crippen LogP contribution is -2.54. The molecule has 0 aromatic carbocycles. The van der Waals surface area contributed by atoms with E-state index in [1.54, 1.807) is 0 Å². The van der Waals surface area contributed by atoms with Crippen LogP contribution < -0.4 is 0 Å². The maximum Gasteiger partial charge on any atom is 0.310 e. The number of unbranched alkanes of at least 4 members (excludes halogenated alkanes) is 10. The van der Waals surface area contributed by atoms with E-state index in [-0.39, 0.29) is 0 Å². The fourth-order valence-corrected chi connectivity index (χ4v) is 4.25. The summed E-state index contributed by atoms with van der Waals surface area (Å²) in [4.78, 5) is 5.80. The summed E-state index contributed by atoms with van der Waals surface area (Å²) in [5.41, 5.74) is 0. The Morgan fingerprint density at radius 3 is 0.964 bits per heavy atom. The van der Waals surface area contributed by atoms with Gasteiger partial charge in [-0.15, -0.1) is 0 Å². The highest BCUT2D eigenvalue weighted by Gasteiger charge is 2.28. The molecule has 0 aliphatic rings. The monoisotopic (exact) mass is 394 g/mol. The molecule has 0 aliphatic carbocycles. The molecule has 0 N–H and O–H groups in total. The topological polar surface area (TPSA) is 6.48 Å². The zero-order chi connectivity index (χ0) is 20.9. The Hall–Kier alpha value is -0.0151. The van der Waals surface area contributed by atoms with E-state index in [1.807, 2.05) is 0 Å². The number of hydrogen-bond acceptors (Lipinski definition) is 2. The van der Waals surface area contributed by atoms with Gasteiger partial charge in [-0.25, -0.2) is 0 Å². The van der Waals surface area contributed by atoms with Crippen LogP contribution in [0.4, 0.5) is 0 Å². The first-order valence-corrected chi connectivity index (χ1v) is 13.2. The van der Waals surface area contributed by atoms with Crippen molar-refractivity contribution in [1.29, 1.82) is 0 Å². The van der Waals surface area contributed by atoms with E-state index in [2.05, 4.69) is 44.2 Å². The van der Waals surface area contributed by atoms with E-state index in [0.29, 0.717) is 6.98 Å². The lowest BCUT2D eigenvalue weighted by Gasteiger charge is -2.38. The van der Waals surface area contributed by atoms with Gasteiger partial charge in [-0.2, -0.15) is 0 Å². The van der Waals surface area contributed by atoms with E-state index < -0.39 is 0 Å². The van der Waals surface area contributed by atoms with Crippen LogP contribution >= 0.6 is 0 Å². The van der Waals surface area contributed by atoms with Crippen molar-refractivity contribution in [3.8, 4) is 0 Å². The van der Waals surface area contributed by atoms with E-state index in [4.69, 9.17) is 0 Å². The second-order valence-corrected chi connectivity index (χ2v) is 8.88. The molecular weight excluding hydrogens is 339 g/mol. The Bertz CT molecular complexity index is 254. The SMILES string of the molecule is CCCCCB(N(CCCCC)CCCCC)N(CCCCC)CCCCC. The number of nitrogens with zero attached hydrogens (tertiary/aromatic N) is 2. The standard InChI is InChI=1S/C25H55BN2/c1-6-11-16-21-26(27(22-17-12-7-2)23-18-13-8-3)28(24-19-14-9-4)25-20-15-10-5/h6-25H2,1-5H3. The fraction of sp³-hybridized carbons (Fsp3) is 1.00. The third kappa shape index (κ3) is 14.9. The summed E-state index contributed by atoms with van der Waals surface area (Å²) in [6, 6.07) is 0. The maximum absolute atomic E-state index is 2.90. The van der Waals surface area contributed by atoms with Crippen molar-refractivity contribution in [3.05, 3.63) is 0 Å². The third-order valence-corrected chi connectivity index (χ3v) is 6.10. The normalized spacial score (nSPS) is 11.7. The Balaban J connectivity index is 5.16.